The molecule has 0 aliphatic rings. The molecule has 0 saturated heterocycles. The summed E-state index contributed by atoms with van der Waals surface area (Å²) in [5, 5.41) is 18.0. The Morgan fingerprint density at radius 3 is 2.74 bits per heavy atom. The molecule has 0 aliphatic heterocycles. The van der Waals surface area contributed by atoms with Crippen LogP contribution >= 0.6 is 0 Å². The monoisotopic (exact) mass is 260 g/mol. The largest absolute Gasteiger partial charge is 0.396 e. The van der Waals surface area contributed by atoms with E-state index in [0.717, 1.165) is 25.7 Å². The summed E-state index contributed by atoms with van der Waals surface area (Å²) in [6, 6.07) is 0. The van der Waals surface area contributed by atoms with E-state index in [1.807, 2.05) is 18.2 Å². The predicted octanol–water partition coefficient (Wildman–Crippen LogP) is 2.82. The normalized spacial score (nSPS) is 11.9. The van der Waals surface area contributed by atoms with Gasteiger partial charge in [-0.15, -0.1) is 0 Å². The summed E-state index contributed by atoms with van der Waals surface area (Å²) in [4.78, 5) is 0. The number of unbranched alkanes of at least 4 members (excludes halogenated alkanes) is 1. The van der Waals surface area contributed by atoms with Crippen molar-refractivity contribution in [3.63, 3.8) is 0 Å². The molecule has 0 unspecified atom stereocenters. The molecule has 2 nitrogen and oxygen atoms in total. The maximum atomic E-state index is 9.51. The Balaban J connectivity index is 3.66. The highest BCUT2D eigenvalue weighted by atomic mass is 16.3. The van der Waals surface area contributed by atoms with E-state index in [2.05, 4.69) is 30.6 Å². The first-order valence-electron chi connectivity index (χ1n) is 6.90. The number of hydrogen-bond donors (Lipinski definition) is 2. The second-order valence-corrected chi connectivity index (χ2v) is 4.21. The van der Waals surface area contributed by atoms with Crippen LogP contribution in [0.5, 0.6) is 0 Å². The Hall–Kier alpha value is -1.48. The average molecular weight is 260 g/mol. The summed E-state index contributed by atoms with van der Waals surface area (Å²) in [5.41, 5.74) is 0. The van der Waals surface area contributed by atoms with Gasteiger partial charge in [0.2, 0.25) is 0 Å². The lowest BCUT2D eigenvalue weighted by Crippen LogP contribution is -2.04. The molecular formula is C17H24O2. The topological polar surface area (TPSA) is 40.5 Å². The van der Waals surface area contributed by atoms with Gasteiger partial charge in [0, 0.05) is 13.0 Å². The quantitative estimate of drug-likeness (QED) is 0.400. The highest BCUT2D eigenvalue weighted by Gasteiger charge is 1.98. The lowest BCUT2D eigenvalue weighted by Gasteiger charge is -2.05. The van der Waals surface area contributed by atoms with Gasteiger partial charge in [-0.2, -0.15) is 0 Å². The highest BCUT2D eigenvalue weighted by Crippen LogP contribution is 2.04. The van der Waals surface area contributed by atoms with E-state index in [0.29, 0.717) is 12.8 Å². The molecule has 0 spiro atoms. The van der Waals surface area contributed by atoms with Crippen molar-refractivity contribution in [2.75, 3.05) is 6.61 Å². The number of aliphatic hydroxyl groups excluding tert-OH is 2. The van der Waals surface area contributed by atoms with Gasteiger partial charge in [-0.1, -0.05) is 43.4 Å². The molecule has 19 heavy (non-hydrogen) atoms. The lowest BCUT2D eigenvalue weighted by molar-refractivity contribution is 0.155. The van der Waals surface area contributed by atoms with Crippen molar-refractivity contribution >= 4 is 0 Å². The first kappa shape index (κ1) is 17.5. The first-order valence-corrected chi connectivity index (χ1v) is 6.90. The Bertz CT molecular complexity index is 372. The van der Waals surface area contributed by atoms with Gasteiger partial charge in [-0.3, -0.25) is 0 Å². The summed E-state index contributed by atoms with van der Waals surface area (Å²) in [7, 11) is 0. The van der Waals surface area contributed by atoms with Crippen LogP contribution < -0.4 is 0 Å². The third-order valence-corrected chi connectivity index (χ3v) is 2.40. The highest BCUT2D eigenvalue weighted by molar-refractivity contribution is 5.31. The van der Waals surface area contributed by atoms with Gasteiger partial charge < -0.3 is 10.2 Å². The fraction of sp³-hybridized carbons (Fsp3) is 0.529. The molecule has 0 amide bonds. The molecule has 2 heteroatoms. The van der Waals surface area contributed by atoms with Crippen molar-refractivity contribution in [3.05, 3.63) is 24.3 Å². The molecule has 104 valence electrons. The van der Waals surface area contributed by atoms with E-state index in [4.69, 9.17) is 5.11 Å². The number of rotatable bonds is 8. The molecule has 0 saturated carbocycles. The molecule has 0 heterocycles. The van der Waals surface area contributed by atoms with E-state index in [1.54, 1.807) is 6.08 Å². The van der Waals surface area contributed by atoms with Gasteiger partial charge in [0.15, 0.2) is 0 Å². The Labute approximate surface area is 117 Å². The van der Waals surface area contributed by atoms with Crippen LogP contribution in [0.15, 0.2) is 24.3 Å². The van der Waals surface area contributed by atoms with Gasteiger partial charge in [0.1, 0.15) is 0 Å². The maximum absolute atomic E-state index is 9.51. The van der Waals surface area contributed by atoms with Crippen LogP contribution in [0.3, 0.4) is 0 Å². The lowest BCUT2D eigenvalue weighted by atomic mass is 10.1. The molecule has 0 bridgehead atoms. The predicted molar refractivity (Wildman–Crippen MR) is 80.3 cm³/mol. The van der Waals surface area contributed by atoms with Gasteiger partial charge in [0.05, 0.1) is 6.10 Å². The molecule has 0 radical (unpaired) electrons. The van der Waals surface area contributed by atoms with Crippen LogP contribution in [0.25, 0.3) is 0 Å². The molecule has 0 rings (SSSR count). The number of hydrogen-bond acceptors (Lipinski definition) is 2. The summed E-state index contributed by atoms with van der Waals surface area (Å²) < 4.78 is 0. The summed E-state index contributed by atoms with van der Waals surface area (Å²) in [6.07, 6.45) is 12.4. The minimum absolute atomic E-state index is 0.174. The molecule has 2 N–H and O–H groups in total. The van der Waals surface area contributed by atoms with E-state index in [-0.39, 0.29) is 12.7 Å². The van der Waals surface area contributed by atoms with Crippen LogP contribution in [0, 0.1) is 23.7 Å². The molecule has 0 aromatic carbocycles. The fourth-order valence-electron chi connectivity index (χ4n) is 1.40. The van der Waals surface area contributed by atoms with Gasteiger partial charge in [0.25, 0.3) is 0 Å². The van der Waals surface area contributed by atoms with Crippen molar-refractivity contribution in [1.82, 2.24) is 0 Å². The van der Waals surface area contributed by atoms with Crippen LogP contribution in [-0.2, 0) is 0 Å². The molecule has 0 aromatic heterocycles. The molecule has 0 aromatic rings. The zero-order valence-electron chi connectivity index (χ0n) is 11.7. The molecule has 0 fully saturated rings. The maximum Gasteiger partial charge on any atom is 0.0543 e. The summed E-state index contributed by atoms with van der Waals surface area (Å²) >= 11 is 0. The van der Waals surface area contributed by atoms with Gasteiger partial charge in [-0.25, -0.2) is 0 Å². The minimum Gasteiger partial charge on any atom is -0.396 e. The van der Waals surface area contributed by atoms with E-state index in [9.17, 15) is 5.11 Å². The fourth-order valence-corrected chi connectivity index (χ4v) is 1.40. The smallest absolute Gasteiger partial charge is 0.0543 e. The Morgan fingerprint density at radius 2 is 2.00 bits per heavy atom. The van der Waals surface area contributed by atoms with Crippen LogP contribution in [0.4, 0.5) is 0 Å². The van der Waals surface area contributed by atoms with Crippen molar-refractivity contribution < 1.29 is 10.2 Å². The van der Waals surface area contributed by atoms with Crippen LogP contribution in [-0.4, -0.2) is 22.9 Å². The molecule has 1 atom stereocenters. The zero-order valence-corrected chi connectivity index (χ0v) is 11.7. The second kappa shape index (κ2) is 14.6. The van der Waals surface area contributed by atoms with Crippen LogP contribution in [0.2, 0.25) is 0 Å². The average Bonchev–Trinajstić information content (AvgIpc) is 2.40. The molecular weight excluding hydrogens is 236 g/mol. The standard InChI is InChI=1S/C17H24O2/c1-2-14-17(19)15-12-10-8-6-4-3-5-7-9-11-13-16-18/h4,6,8,10,17-19H,2,11-16H2,1H3/b6-4+,10-8+/t17-/m1/s1. The first-order chi connectivity index (χ1) is 9.31. The van der Waals surface area contributed by atoms with Crippen molar-refractivity contribution in [2.24, 2.45) is 0 Å². The zero-order chi connectivity index (χ0) is 14.2. The Kier molecular flexibility index (Phi) is 13.4. The van der Waals surface area contributed by atoms with Gasteiger partial charge in [-0.05, 0) is 43.6 Å². The number of allylic oxidation sites excluding steroid dienone is 4. The van der Waals surface area contributed by atoms with Gasteiger partial charge >= 0.3 is 0 Å². The second-order valence-electron chi connectivity index (χ2n) is 4.21. The van der Waals surface area contributed by atoms with E-state index >= 15 is 0 Å². The Morgan fingerprint density at radius 1 is 1.16 bits per heavy atom. The van der Waals surface area contributed by atoms with Crippen molar-refractivity contribution in [1.29, 1.82) is 0 Å². The number of aliphatic hydroxyl groups is 2. The minimum atomic E-state index is -0.174. The summed E-state index contributed by atoms with van der Waals surface area (Å²) in [5.74, 6) is 11.1. The SMILES string of the molecule is CCC[C@@H](O)CC/C=C/C=C/C#CC#CCCCO. The third-order valence-electron chi connectivity index (χ3n) is 2.40. The van der Waals surface area contributed by atoms with Crippen LogP contribution in [0.1, 0.15) is 45.4 Å². The summed E-state index contributed by atoms with van der Waals surface area (Å²) in [6.45, 7) is 2.26. The van der Waals surface area contributed by atoms with E-state index < -0.39 is 0 Å². The molecule has 0 aliphatic carbocycles. The van der Waals surface area contributed by atoms with Crippen molar-refractivity contribution in [3.8, 4) is 23.7 Å². The van der Waals surface area contributed by atoms with Crippen molar-refractivity contribution in [2.45, 2.75) is 51.6 Å². The van der Waals surface area contributed by atoms with E-state index in [1.165, 1.54) is 0 Å². The third kappa shape index (κ3) is 14.5.